The predicted octanol–water partition coefficient (Wildman–Crippen LogP) is 2.93. The molecule has 8 heteroatoms. The number of unbranched alkanes of at least 4 members (excludes halogenated alkanes) is 1. The number of carbonyl (C=O) groups excluding carboxylic acids is 2. The van der Waals surface area contributed by atoms with E-state index in [1.807, 2.05) is 0 Å². The number of anilines is 2. The molecule has 1 aromatic carbocycles. The van der Waals surface area contributed by atoms with Gasteiger partial charge in [-0.1, -0.05) is 0 Å². The highest BCUT2D eigenvalue weighted by Gasteiger charge is 2.11. The lowest BCUT2D eigenvalue weighted by Crippen LogP contribution is -2.14. The van der Waals surface area contributed by atoms with Gasteiger partial charge in [0.1, 0.15) is 5.75 Å². The van der Waals surface area contributed by atoms with E-state index in [9.17, 15) is 14.4 Å². The van der Waals surface area contributed by atoms with Crippen molar-refractivity contribution in [3.63, 3.8) is 0 Å². The third-order valence-electron chi connectivity index (χ3n) is 3.70. The van der Waals surface area contributed by atoms with Crippen molar-refractivity contribution in [3.8, 4) is 5.75 Å². The van der Waals surface area contributed by atoms with Crippen molar-refractivity contribution in [2.24, 2.45) is 0 Å². The molecule has 0 unspecified atom stereocenters. The Bertz CT molecular complexity index is 808. The van der Waals surface area contributed by atoms with Crippen LogP contribution in [0.15, 0.2) is 42.7 Å². The summed E-state index contributed by atoms with van der Waals surface area (Å²) in [6.45, 7) is 0. The molecule has 0 bridgehead atoms. The molecule has 0 saturated carbocycles. The first-order chi connectivity index (χ1) is 13.0. The van der Waals surface area contributed by atoms with Crippen LogP contribution in [0, 0.1) is 0 Å². The number of carboxylic acids is 1. The molecule has 0 saturated heterocycles. The van der Waals surface area contributed by atoms with Crippen LogP contribution in [-0.4, -0.2) is 35.0 Å². The molecule has 0 radical (unpaired) electrons. The number of nitrogens with one attached hydrogen (secondary N) is 2. The minimum absolute atomic E-state index is 0.0480. The number of amides is 2. The van der Waals surface area contributed by atoms with Crippen molar-refractivity contribution in [1.82, 2.24) is 4.98 Å². The highest BCUT2D eigenvalue weighted by atomic mass is 16.5. The molecule has 0 spiro atoms. The van der Waals surface area contributed by atoms with Crippen LogP contribution in [0.2, 0.25) is 0 Å². The van der Waals surface area contributed by atoms with Crippen LogP contribution >= 0.6 is 0 Å². The fraction of sp³-hybridized carbons (Fsp3) is 0.263. The quantitative estimate of drug-likeness (QED) is 0.583. The lowest BCUT2D eigenvalue weighted by atomic mass is 10.2. The second kappa shape index (κ2) is 9.91. The molecule has 0 aliphatic heterocycles. The highest BCUT2D eigenvalue weighted by molar-refractivity contribution is 6.05. The van der Waals surface area contributed by atoms with Crippen molar-refractivity contribution in [3.05, 3.63) is 48.3 Å². The van der Waals surface area contributed by atoms with Crippen LogP contribution in [0.25, 0.3) is 0 Å². The molecule has 0 aliphatic carbocycles. The number of methoxy groups -OCH3 is 1. The number of ether oxygens (including phenoxy) is 1. The first-order valence-electron chi connectivity index (χ1n) is 8.40. The fourth-order valence-electron chi connectivity index (χ4n) is 2.35. The zero-order valence-corrected chi connectivity index (χ0v) is 14.9. The standard InChI is InChI=1S/C19H21N3O5/c1-27-16-11-14(21-17(23)6-2-3-7-18(24)25)8-9-15(16)22-19(26)13-5-4-10-20-12-13/h4-5,8-12H,2-3,6-7H2,1H3,(H,21,23)(H,22,26)(H,24,25). The lowest BCUT2D eigenvalue weighted by molar-refractivity contribution is -0.137. The summed E-state index contributed by atoms with van der Waals surface area (Å²) in [6.07, 6.45) is 4.26. The highest BCUT2D eigenvalue weighted by Crippen LogP contribution is 2.28. The number of pyridine rings is 1. The zero-order chi connectivity index (χ0) is 19.6. The normalized spacial score (nSPS) is 10.1. The molecular weight excluding hydrogens is 350 g/mol. The predicted molar refractivity (Wildman–Crippen MR) is 99.9 cm³/mol. The molecular formula is C19H21N3O5. The average molecular weight is 371 g/mol. The number of benzene rings is 1. The van der Waals surface area contributed by atoms with Crippen molar-refractivity contribution in [2.45, 2.75) is 25.7 Å². The van der Waals surface area contributed by atoms with Gasteiger partial charge in [-0.2, -0.15) is 0 Å². The number of aliphatic carboxylic acids is 1. The van der Waals surface area contributed by atoms with E-state index in [4.69, 9.17) is 9.84 Å². The molecule has 0 atom stereocenters. The second-order valence-electron chi connectivity index (χ2n) is 5.76. The van der Waals surface area contributed by atoms with Gasteiger partial charge >= 0.3 is 5.97 Å². The van der Waals surface area contributed by atoms with Gasteiger partial charge in [0, 0.05) is 37.0 Å². The maximum atomic E-state index is 12.2. The molecule has 2 amide bonds. The number of nitrogens with zero attached hydrogens (tertiary/aromatic N) is 1. The minimum Gasteiger partial charge on any atom is -0.494 e. The Morgan fingerprint density at radius 3 is 2.56 bits per heavy atom. The largest absolute Gasteiger partial charge is 0.494 e. The van der Waals surface area contributed by atoms with E-state index in [-0.39, 0.29) is 24.7 Å². The summed E-state index contributed by atoms with van der Waals surface area (Å²) in [7, 11) is 1.46. The third-order valence-corrected chi connectivity index (χ3v) is 3.70. The van der Waals surface area contributed by atoms with E-state index >= 15 is 0 Å². The molecule has 0 aliphatic rings. The van der Waals surface area contributed by atoms with Gasteiger partial charge in [0.15, 0.2) is 0 Å². The van der Waals surface area contributed by atoms with E-state index < -0.39 is 5.97 Å². The summed E-state index contributed by atoms with van der Waals surface area (Å²) in [5, 5.41) is 14.1. The van der Waals surface area contributed by atoms with Crippen molar-refractivity contribution < 1.29 is 24.2 Å². The first kappa shape index (κ1) is 19.9. The van der Waals surface area contributed by atoms with Crippen molar-refractivity contribution in [2.75, 3.05) is 17.7 Å². The SMILES string of the molecule is COc1cc(NC(=O)CCCCC(=O)O)ccc1NC(=O)c1cccnc1. The van der Waals surface area contributed by atoms with Gasteiger partial charge in [-0.3, -0.25) is 19.4 Å². The molecule has 1 heterocycles. The first-order valence-corrected chi connectivity index (χ1v) is 8.40. The smallest absolute Gasteiger partial charge is 0.303 e. The van der Waals surface area contributed by atoms with E-state index in [1.54, 1.807) is 36.5 Å². The summed E-state index contributed by atoms with van der Waals surface area (Å²) in [4.78, 5) is 38.5. The van der Waals surface area contributed by atoms with E-state index in [0.717, 1.165) is 0 Å². The molecule has 142 valence electrons. The number of hydrogen-bond donors (Lipinski definition) is 3. The van der Waals surface area contributed by atoms with Crippen LogP contribution in [0.4, 0.5) is 11.4 Å². The molecule has 0 fully saturated rings. The summed E-state index contributed by atoms with van der Waals surface area (Å²) < 4.78 is 5.28. The van der Waals surface area contributed by atoms with E-state index in [1.165, 1.54) is 13.3 Å². The zero-order valence-electron chi connectivity index (χ0n) is 14.9. The van der Waals surface area contributed by atoms with Crippen molar-refractivity contribution >= 4 is 29.2 Å². The Morgan fingerprint density at radius 1 is 1.11 bits per heavy atom. The number of rotatable bonds is 9. The number of aromatic nitrogens is 1. The Hall–Kier alpha value is -3.42. The number of carbonyl (C=O) groups is 3. The summed E-state index contributed by atoms with van der Waals surface area (Å²) in [6, 6.07) is 8.20. The molecule has 27 heavy (non-hydrogen) atoms. The molecule has 2 rings (SSSR count). The summed E-state index contributed by atoms with van der Waals surface area (Å²) in [5.41, 5.74) is 1.40. The Kier molecular flexibility index (Phi) is 7.30. The average Bonchev–Trinajstić information content (AvgIpc) is 2.67. The Morgan fingerprint density at radius 2 is 1.89 bits per heavy atom. The third kappa shape index (κ3) is 6.43. The van der Waals surface area contributed by atoms with Crippen LogP contribution in [0.3, 0.4) is 0 Å². The maximum absolute atomic E-state index is 12.2. The maximum Gasteiger partial charge on any atom is 0.303 e. The van der Waals surface area contributed by atoms with Crippen LogP contribution in [0.1, 0.15) is 36.0 Å². The fourth-order valence-corrected chi connectivity index (χ4v) is 2.35. The van der Waals surface area contributed by atoms with Crippen LogP contribution in [0.5, 0.6) is 5.75 Å². The molecule has 8 nitrogen and oxygen atoms in total. The van der Waals surface area contributed by atoms with Gasteiger partial charge in [-0.25, -0.2) is 0 Å². The van der Waals surface area contributed by atoms with E-state index in [0.29, 0.717) is 35.5 Å². The Balaban J connectivity index is 1.96. The Labute approximate surface area is 156 Å². The van der Waals surface area contributed by atoms with Crippen LogP contribution < -0.4 is 15.4 Å². The molecule has 3 N–H and O–H groups in total. The number of carboxylic acid groups (broad SMARTS) is 1. The topological polar surface area (TPSA) is 118 Å². The summed E-state index contributed by atoms with van der Waals surface area (Å²) >= 11 is 0. The molecule has 2 aromatic rings. The number of hydrogen-bond acceptors (Lipinski definition) is 5. The van der Waals surface area contributed by atoms with E-state index in [2.05, 4.69) is 15.6 Å². The second-order valence-corrected chi connectivity index (χ2v) is 5.76. The monoisotopic (exact) mass is 371 g/mol. The van der Waals surface area contributed by atoms with Gasteiger partial charge in [-0.05, 0) is 37.1 Å². The summed E-state index contributed by atoms with van der Waals surface area (Å²) in [5.74, 6) is -1.01. The van der Waals surface area contributed by atoms with Gasteiger partial charge in [0.2, 0.25) is 5.91 Å². The van der Waals surface area contributed by atoms with Gasteiger partial charge in [0.05, 0.1) is 18.4 Å². The van der Waals surface area contributed by atoms with Gasteiger partial charge in [0.25, 0.3) is 5.91 Å². The minimum atomic E-state index is -0.871. The van der Waals surface area contributed by atoms with Gasteiger partial charge < -0.3 is 20.5 Å². The van der Waals surface area contributed by atoms with Crippen molar-refractivity contribution in [1.29, 1.82) is 0 Å². The van der Waals surface area contributed by atoms with Crippen LogP contribution in [-0.2, 0) is 9.59 Å². The lowest BCUT2D eigenvalue weighted by Gasteiger charge is -2.12. The van der Waals surface area contributed by atoms with Gasteiger partial charge in [-0.15, -0.1) is 0 Å². The molecule has 1 aromatic heterocycles.